The van der Waals surface area contributed by atoms with Gasteiger partial charge in [-0.05, 0) is 29.9 Å². The molecule has 1 aromatic rings. The van der Waals surface area contributed by atoms with Gasteiger partial charge < -0.3 is 0 Å². The molecule has 0 radical (unpaired) electrons. The first kappa shape index (κ1) is 17.2. The highest BCUT2D eigenvalue weighted by Crippen LogP contribution is 2.26. The number of rotatable bonds is 3. The summed E-state index contributed by atoms with van der Waals surface area (Å²) < 4.78 is 0. The second-order valence-electron chi connectivity index (χ2n) is 5.26. The molecule has 1 aliphatic rings. The van der Waals surface area contributed by atoms with E-state index in [1.54, 1.807) is 0 Å². The van der Waals surface area contributed by atoms with Crippen LogP contribution in [-0.4, -0.2) is 0 Å². The lowest BCUT2D eigenvalue weighted by molar-refractivity contribution is 0.899. The van der Waals surface area contributed by atoms with Gasteiger partial charge in [-0.1, -0.05) is 84.6 Å². The topological polar surface area (TPSA) is 0 Å². The lowest BCUT2D eigenvalue weighted by atomic mass is 10.0. The first-order valence-corrected chi connectivity index (χ1v) is 7.76. The van der Waals surface area contributed by atoms with Crippen molar-refractivity contribution in [3.8, 4) is 0 Å². The Kier molecular flexibility index (Phi) is 10.8. The predicted octanol–water partition coefficient (Wildman–Crippen LogP) is 6.03. The molecular weight excluding hydrogens is 216 g/mol. The Bertz CT molecular complexity index is 284. The molecule has 1 aromatic carbocycles. The van der Waals surface area contributed by atoms with E-state index in [1.807, 2.05) is 0 Å². The third-order valence-electron chi connectivity index (χ3n) is 2.88. The molecule has 0 N–H and O–H groups in total. The molecule has 0 amide bonds. The minimum Gasteiger partial charge on any atom is -0.0656 e. The molecule has 0 bridgehead atoms. The van der Waals surface area contributed by atoms with E-state index in [0.29, 0.717) is 0 Å². The van der Waals surface area contributed by atoms with Crippen LogP contribution in [0.5, 0.6) is 0 Å². The zero-order valence-electron chi connectivity index (χ0n) is 13.1. The van der Waals surface area contributed by atoms with E-state index >= 15 is 0 Å². The highest BCUT2D eigenvalue weighted by Gasteiger charge is 2.12. The fourth-order valence-corrected chi connectivity index (χ4v) is 1.58. The van der Waals surface area contributed by atoms with Crippen molar-refractivity contribution in [3.05, 3.63) is 35.4 Å². The highest BCUT2D eigenvalue weighted by atomic mass is 14.2. The van der Waals surface area contributed by atoms with Gasteiger partial charge >= 0.3 is 0 Å². The predicted molar refractivity (Wildman–Crippen MR) is 84.2 cm³/mol. The van der Waals surface area contributed by atoms with Crippen molar-refractivity contribution >= 4 is 0 Å². The molecule has 1 fully saturated rings. The summed E-state index contributed by atoms with van der Waals surface area (Å²) in [7, 11) is 0. The van der Waals surface area contributed by atoms with E-state index in [9.17, 15) is 0 Å². The Balaban J connectivity index is 0.000000338. The van der Waals surface area contributed by atoms with Crippen molar-refractivity contribution in [1.29, 1.82) is 0 Å². The second kappa shape index (κ2) is 11.3. The summed E-state index contributed by atoms with van der Waals surface area (Å²) in [5.74, 6) is 1.08. The van der Waals surface area contributed by atoms with E-state index in [-0.39, 0.29) is 0 Å². The highest BCUT2D eigenvalue weighted by molar-refractivity contribution is 5.26. The van der Waals surface area contributed by atoms with Crippen molar-refractivity contribution in [1.82, 2.24) is 0 Å². The normalized spacial score (nSPS) is 12.9. The Morgan fingerprint density at radius 3 is 1.72 bits per heavy atom. The molecule has 0 atom stereocenters. The van der Waals surface area contributed by atoms with Crippen molar-refractivity contribution in [2.24, 2.45) is 5.92 Å². The van der Waals surface area contributed by atoms with Crippen LogP contribution in [-0.2, 0) is 12.8 Å². The summed E-state index contributed by atoms with van der Waals surface area (Å²) in [5, 5.41) is 0. The molecule has 0 spiro atoms. The smallest absolute Gasteiger partial charge is 0.0279 e. The zero-order chi connectivity index (χ0) is 13.8. The molecule has 0 heteroatoms. The van der Waals surface area contributed by atoms with Gasteiger partial charge in [0, 0.05) is 0 Å². The first-order valence-electron chi connectivity index (χ1n) is 7.76. The molecule has 2 rings (SSSR count). The Labute approximate surface area is 115 Å². The minimum absolute atomic E-state index is 1.08. The summed E-state index contributed by atoms with van der Waals surface area (Å²) in [6.07, 6.45) is 7.86. The van der Waals surface area contributed by atoms with Gasteiger partial charge in [-0.3, -0.25) is 0 Å². The number of hydrogen-bond donors (Lipinski definition) is 0. The van der Waals surface area contributed by atoms with Gasteiger partial charge in [-0.2, -0.15) is 0 Å². The van der Waals surface area contributed by atoms with E-state index in [4.69, 9.17) is 0 Å². The lowest BCUT2D eigenvalue weighted by Gasteiger charge is -2.04. The summed E-state index contributed by atoms with van der Waals surface area (Å²) >= 11 is 0. The zero-order valence-corrected chi connectivity index (χ0v) is 13.1. The molecule has 0 saturated heterocycles. The monoisotopic (exact) mass is 248 g/mol. The van der Waals surface area contributed by atoms with Crippen LogP contribution in [0.2, 0.25) is 0 Å². The van der Waals surface area contributed by atoms with Crippen LogP contribution in [0.3, 0.4) is 0 Å². The van der Waals surface area contributed by atoms with Gasteiger partial charge in [-0.25, -0.2) is 0 Å². The maximum absolute atomic E-state index is 2.28. The molecule has 0 heterocycles. The average Bonchev–Trinajstić information content (AvgIpc) is 3.15. The van der Waals surface area contributed by atoms with Crippen molar-refractivity contribution < 1.29 is 0 Å². The molecule has 0 aromatic heterocycles. The van der Waals surface area contributed by atoms with E-state index < -0.39 is 0 Å². The summed E-state index contributed by atoms with van der Waals surface area (Å²) in [6, 6.07) is 8.72. The number of aryl methyl sites for hydroxylation is 2. The number of hydrogen-bond acceptors (Lipinski definition) is 0. The third-order valence-corrected chi connectivity index (χ3v) is 2.88. The summed E-state index contributed by atoms with van der Waals surface area (Å²) in [4.78, 5) is 0. The van der Waals surface area contributed by atoms with Crippen LogP contribution in [0, 0.1) is 5.92 Å². The molecule has 0 nitrogen and oxygen atoms in total. The molecule has 18 heavy (non-hydrogen) atoms. The van der Waals surface area contributed by atoms with Gasteiger partial charge in [-0.15, -0.1) is 0 Å². The fraction of sp³-hybridized carbons (Fsp3) is 0.667. The summed E-state index contributed by atoms with van der Waals surface area (Å²) in [6.45, 7) is 11.0. The molecule has 0 unspecified atom stereocenters. The molecular formula is C18H32. The third kappa shape index (κ3) is 9.27. The largest absolute Gasteiger partial charge is 0.0656 e. The van der Waals surface area contributed by atoms with Crippen LogP contribution >= 0.6 is 0 Å². The molecule has 0 aliphatic heterocycles. The Morgan fingerprint density at radius 2 is 1.39 bits per heavy atom. The molecule has 1 saturated carbocycles. The van der Waals surface area contributed by atoms with Crippen LogP contribution in [0.15, 0.2) is 24.3 Å². The lowest BCUT2D eigenvalue weighted by Crippen LogP contribution is -1.90. The average molecular weight is 248 g/mol. The van der Waals surface area contributed by atoms with Crippen molar-refractivity contribution in [2.45, 2.75) is 73.1 Å². The maximum atomic E-state index is 2.28. The summed E-state index contributed by atoms with van der Waals surface area (Å²) in [5.41, 5.74) is 3.03. The van der Waals surface area contributed by atoms with E-state index in [2.05, 4.69) is 58.9 Å². The maximum Gasteiger partial charge on any atom is -0.0279 e. The van der Waals surface area contributed by atoms with Gasteiger partial charge in [0.05, 0.1) is 0 Å². The second-order valence-corrected chi connectivity index (χ2v) is 5.26. The standard InChI is InChI=1S/C11H16.C4H8.C3H8/c1-3-7-11-9-6-5-8-10(11)4-2;1-4-2-3-4;1-3-2/h5-6,8-9H,3-4,7H2,1-2H3;4H,2-3H2,1H3;3H2,1-2H3. The van der Waals surface area contributed by atoms with Crippen LogP contribution in [0.1, 0.15) is 71.4 Å². The van der Waals surface area contributed by atoms with Crippen LogP contribution in [0.25, 0.3) is 0 Å². The minimum atomic E-state index is 1.08. The van der Waals surface area contributed by atoms with Gasteiger partial charge in [0.25, 0.3) is 0 Å². The SMILES string of the molecule is CC1CC1.CCC.CCCc1ccccc1CC. The Hall–Kier alpha value is -0.780. The first-order chi connectivity index (χ1) is 8.69. The fourth-order valence-electron chi connectivity index (χ4n) is 1.58. The molecule has 1 aliphatic carbocycles. The molecule has 104 valence electrons. The van der Waals surface area contributed by atoms with Gasteiger partial charge in [0.15, 0.2) is 0 Å². The van der Waals surface area contributed by atoms with E-state index in [0.717, 1.165) is 12.3 Å². The van der Waals surface area contributed by atoms with Crippen LogP contribution < -0.4 is 0 Å². The Morgan fingerprint density at radius 1 is 0.944 bits per heavy atom. The van der Waals surface area contributed by atoms with Crippen LogP contribution in [0.4, 0.5) is 0 Å². The van der Waals surface area contributed by atoms with Gasteiger partial charge in [0.1, 0.15) is 0 Å². The van der Waals surface area contributed by atoms with Gasteiger partial charge in [0.2, 0.25) is 0 Å². The quantitative estimate of drug-likeness (QED) is 0.612. The van der Waals surface area contributed by atoms with Crippen molar-refractivity contribution in [3.63, 3.8) is 0 Å². The van der Waals surface area contributed by atoms with Crippen molar-refractivity contribution in [2.75, 3.05) is 0 Å². The van der Waals surface area contributed by atoms with E-state index in [1.165, 1.54) is 43.2 Å². The number of benzene rings is 1.